The fourth-order valence-corrected chi connectivity index (χ4v) is 5.61. The Morgan fingerprint density at radius 3 is 2.56 bits per heavy atom. The van der Waals surface area contributed by atoms with E-state index in [1.165, 1.54) is 18.4 Å². The maximum absolute atomic E-state index is 13.8. The Balaban J connectivity index is 1.47. The maximum Gasteiger partial charge on any atom is 0.256 e. The van der Waals surface area contributed by atoms with Gasteiger partial charge in [-0.25, -0.2) is 4.98 Å². The molecule has 3 aromatic rings. The number of aryl methyl sites for hydroxylation is 2. The van der Waals surface area contributed by atoms with Crippen LogP contribution >= 0.6 is 0 Å². The molecule has 0 bridgehead atoms. The first kappa shape index (κ1) is 24.5. The molecule has 1 N–H and O–H groups in total. The number of carbonyl (C=O) groups is 2. The zero-order chi connectivity index (χ0) is 25.2. The van der Waals surface area contributed by atoms with Crippen molar-refractivity contribution in [2.24, 2.45) is 13.0 Å². The lowest BCUT2D eigenvalue weighted by Crippen LogP contribution is -2.27. The minimum atomic E-state index is -0.102. The summed E-state index contributed by atoms with van der Waals surface area (Å²) in [5, 5.41) is 3.06. The Morgan fingerprint density at radius 1 is 1.11 bits per heavy atom. The zero-order valence-corrected chi connectivity index (χ0v) is 21.5. The minimum absolute atomic E-state index is 0.00272. The van der Waals surface area contributed by atoms with Gasteiger partial charge < -0.3 is 19.5 Å². The molecule has 190 valence electrons. The number of carbonyl (C=O) groups excluding carboxylic acids is 2. The van der Waals surface area contributed by atoms with E-state index in [4.69, 9.17) is 9.72 Å². The summed E-state index contributed by atoms with van der Waals surface area (Å²) in [7, 11) is 3.76. The van der Waals surface area contributed by atoms with Gasteiger partial charge in [-0.3, -0.25) is 9.59 Å². The Morgan fingerprint density at radius 2 is 1.86 bits per heavy atom. The van der Waals surface area contributed by atoms with E-state index in [0.717, 1.165) is 49.2 Å². The molecule has 2 fully saturated rings. The fourth-order valence-electron chi connectivity index (χ4n) is 5.61. The molecule has 1 saturated carbocycles. The van der Waals surface area contributed by atoms with Crippen molar-refractivity contribution in [2.45, 2.75) is 64.5 Å². The number of hydrogen-bond acceptors (Lipinski definition) is 4. The van der Waals surface area contributed by atoms with E-state index in [1.54, 1.807) is 4.90 Å². The van der Waals surface area contributed by atoms with E-state index in [1.807, 2.05) is 42.9 Å². The second kappa shape index (κ2) is 10.4. The molecular formula is C29H36N4O3. The molecule has 0 unspecified atom stereocenters. The van der Waals surface area contributed by atoms with Crippen LogP contribution in [0.3, 0.4) is 0 Å². The van der Waals surface area contributed by atoms with Crippen LogP contribution in [-0.4, -0.2) is 39.9 Å². The zero-order valence-electron chi connectivity index (χ0n) is 21.5. The van der Waals surface area contributed by atoms with Crippen molar-refractivity contribution < 1.29 is 14.3 Å². The first-order chi connectivity index (χ1) is 17.4. The van der Waals surface area contributed by atoms with Crippen LogP contribution in [0, 0.1) is 12.8 Å². The average molecular weight is 489 g/mol. The topological polar surface area (TPSA) is 76.5 Å². The second-order valence-electron chi connectivity index (χ2n) is 10.5. The van der Waals surface area contributed by atoms with Crippen molar-refractivity contribution in [3.05, 3.63) is 58.9 Å². The molecule has 0 spiro atoms. The highest BCUT2D eigenvalue weighted by molar-refractivity contribution is 6.07. The third kappa shape index (κ3) is 5.16. The highest BCUT2D eigenvalue weighted by atomic mass is 16.5. The Kier molecular flexibility index (Phi) is 7.10. The number of aromatic nitrogens is 2. The molecular weight excluding hydrogens is 452 g/mol. The number of ether oxygens (including phenoxy) is 1. The van der Waals surface area contributed by atoms with E-state index in [0.29, 0.717) is 35.7 Å². The van der Waals surface area contributed by atoms with Crippen LogP contribution in [0.2, 0.25) is 0 Å². The van der Waals surface area contributed by atoms with Crippen molar-refractivity contribution in [2.75, 3.05) is 19.0 Å². The Labute approximate surface area is 212 Å². The lowest BCUT2D eigenvalue weighted by Gasteiger charge is -2.19. The second-order valence-corrected chi connectivity index (χ2v) is 10.5. The molecule has 2 heterocycles. The van der Waals surface area contributed by atoms with E-state index < -0.39 is 0 Å². The van der Waals surface area contributed by atoms with Crippen LogP contribution in [0.5, 0.6) is 0 Å². The fraction of sp³-hybridized carbons (Fsp3) is 0.483. The number of anilines is 1. The van der Waals surface area contributed by atoms with Crippen LogP contribution in [-0.2, 0) is 23.1 Å². The molecule has 2 aromatic carbocycles. The van der Waals surface area contributed by atoms with Gasteiger partial charge in [0, 0.05) is 39.4 Å². The molecule has 2 amide bonds. The van der Waals surface area contributed by atoms with E-state index in [-0.39, 0.29) is 17.9 Å². The Bertz CT molecular complexity index is 1250. The predicted octanol–water partition coefficient (Wildman–Crippen LogP) is 5.52. The quantitative estimate of drug-likeness (QED) is 0.475. The number of rotatable bonds is 7. The van der Waals surface area contributed by atoms with Gasteiger partial charge in [-0.2, -0.15) is 0 Å². The summed E-state index contributed by atoms with van der Waals surface area (Å²) in [6, 6.07) is 11.9. The molecule has 1 aliphatic carbocycles. The summed E-state index contributed by atoms with van der Waals surface area (Å²) in [5.74, 6) is 1.18. The van der Waals surface area contributed by atoms with Gasteiger partial charge >= 0.3 is 0 Å². The highest BCUT2D eigenvalue weighted by Gasteiger charge is 2.27. The normalized spacial score (nSPS) is 18.1. The highest BCUT2D eigenvalue weighted by Crippen LogP contribution is 2.33. The summed E-state index contributed by atoms with van der Waals surface area (Å²) in [6.45, 7) is 3.27. The van der Waals surface area contributed by atoms with Crippen molar-refractivity contribution in [1.82, 2.24) is 14.5 Å². The van der Waals surface area contributed by atoms with E-state index in [9.17, 15) is 9.59 Å². The SMILES string of the molecule is Cc1ccc(CN(C)C(=O)c2cc(NC(=O)CC3CCCC3)cc3nc([C@H]4CCCO4)n(C)c23)cc1. The molecule has 0 radical (unpaired) electrons. The number of imidazole rings is 1. The van der Waals surface area contributed by atoms with Crippen LogP contribution in [0.1, 0.15) is 78.4 Å². The molecule has 5 rings (SSSR count). The smallest absolute Gasteiger partial charge is 0.256 e. The molecule has 1 saturated heterocycles. The number of nitrogens with zero attached hydrogens (tertiary/aromatic N) is 3. The lowest BCUT2D eigenvalue weighted by molar-refractivity contribution is -0.117. The third-order valence-corrected chi connectivity index (χ3v) is 7.57. The van der Waals surface area contributed by atoms with Crippen LogP contribution in [0.15, 0.2) is 36.4 Å². The van der Waals surface area contributed by atoms with Crippen LogP contribution in [0.4, 0.5) is 5.69 Å². The average Bonchev–Trinajstić information content (AvgIpc) is 3.62. The molecule has 7 nitrogen and oxygen atoms in total. The van der Waals surface area contributed by atoms with Crippen molar-refractivity contribution >= 4 is 28.5 Å². The summed E-state index contributed by atoms with van der Waals surface area (Å²) < 4.78 is 7.90. The van der Waals surface area contributed by atoms with Crippen molar-refractivity contribution in [1.29, 1.82) is 0 Å². The molecule has 1 atom stereocenters. The van der Waals surface area contributed by atoms with Gasteiger partial charge in [-0.1, -0.05) is 42.7 Å². The first-order valence-electron chi connectivity index (χ1n) is 13.1. The molecule has 1 aromatic heterocycles. The Hall–Kier alpha value is -3.19. The predicted molar refractivity (Wildman–Crippen MR) is 141 cm³/mol. The van der Waals surface area contributed by atoms with Gasteiger partial charge in [0.15, 0.2) is 0 Å². The summed E-state index contributed by atoms with van der Waals surface area (Å²) in [5.41, 5.74) is 4.89. The van der Waals surface area contributed by atoms with Crippen LogP contribution in [0.25, 0.3) is 11.0 Å². The largest absolute Gasteiger partial charge is 0.370 e. The lowest BCUT2D eigenvalue weighted by atomic mass is 10.0. The van der Waals surface area contributed by atoms with Gasteiger partial charge in [-0.15, -0.1) is 0 Å². The first-order valence-corrected chi connectivity index (χ1v) is 13.1. The summed E-state index contributed by atoms with van der Waals surface area (Å²) in [4.78, 5) is 33.2. The molecule has 2 aliphatic rings. The number of fused-ring (bicyclic) bond motifs is 1. The van der Waals surface area contributed by atoms with Gasteiger partial charge in [0.2, 0.25) is 5.91 Å². The van der Waals surface area contributed by atoms with Gasteiger partial charge in [-0.05, 0) is 56.2 Å². The maximum atomic E-state index is 13.8. The van der Waals surface area contributed by atoms with Gasteiger partial charge in [0.1, 0.15) is 11.9 Å². The number of amides is 2. The van der Waals surface area contributed by atoms with Gasteiger partial charge in [0.05, 0.1) is 16.6 Å². The van der Waals surface area contributed by atoms with Crippen LogP contribution < -0.4 is 5.32 Å². The van der Waals surface area contributed by atoms with E-state index in [2.05, 4.69) is 24.4 Å². The standard InChI is InChI=1S/C29H36N4O3/c1-19-10-12-21(13-11-19)18-32(2)29(35)23-16-22(30-26(34)15-20-7-4-5-8-20)17-24-27(23)33(3)28(31-24)25-9-6-14-36-25/h10-13,16-17,20,25H,4-9,14-15,18H2,1-3H3,(H,30,34)/t25-/m1/s1. The molecule has 1 aliphatic heterocycles. The molecule has 7 heteroatoms. The molecule has 36 heavy (non-hydrogen) atoms. The van der Waals surface area contributed by atoms with Gasteiger partial charge in [0.25, 0.3) is 5.91 Å². The third-order valence-electron chi connectivity index (χ3n) is 7.57. The summed E-state index contributed by atoms with van der Waals surface area (Å²) >= 11 is 0. The monoisotopic (exact) mass is 488 g/mol. The van der Waals surface area contributed by atoms with Crippen molar-refractivity contribution in [3.63, 3.8) is 0 Å². The van der Waals surface area contributed by atoms with E-state index >= 15 is 0 Å². The number of hydrogen-bond donors (Lipinski definition) is 1. The van der Waals surface area contributed by atoms with Crippen molar-refractivity contribution in [3.8, 4) is 0 Å². The minimum Gasteiger partial charge on any atom is -0.370 e. The number of nitrogens with one attached hydrogen (secondary N) is 1. The number of benzene rings is 2. The summed E-state index contributed by atoms with van der Waals surface area (Å²) in [6.07, 6.45) is 7.01.